The van der Waals surface area contributed by atoms with Crippen LogP contribution >= 0.6 is 12.4 Å². The summed E-state index contributed by atoms with van der Waals surface area (Å²) in [6, 6.07) is 12.1. The van der Waals surface area contributed by atoms with Crippen molar-refractivity contribution in [2.45, 2.75) is 45.1 Å². The molecule has 1 fully saturated rings. The van der Waals surface area contributed by atoms with Crippen LogP contribution < -0.4 is 5.73 Å². The first-order valence-electron chi connectivity index (χ1n) is 8.62. The van der Waals surface area contributed by atoms with Crippen LogP contribution in [0.1, 0.15) is 49.7 Å². The Labute approximate surface area is 155 Å². The van der Waals surface area contributed by atoms with E-state index in [1.54, 1.807) is 6.07 Å². The highest BCUT2D eigenvalue weighted by atomic mass is 35.5. The topological polar surface area (TPSA) is 59.5 Å². The maximum Gasteiger partial charge on any atom is 0.289 e. The number of rotatable bonds is 3. The van der Waals surface area contributed by atoms with Crippen molar-refractivity contribution in [3.8, 4) is 11.3 Å². The number of benzene rings is 1. The standard InChI is InChI=1S/C20H26N2O2.ClH/c1-20(2,3)15-8-6-14(7-9-15)17-10-11-18(24-17)19(23)22-12-4-5-16(22)13-21;/h6-11,16H,4-5,12-13,21H2,1-3H3;1H. The number of amides is 1. The molecule has 1 aromatic heterocycles. The van der Waals surface area contributed by atoms with Crippen LogP contribution in [0.25, 0.3) is 11.3 Å². The Morgan fingerprint density at radius 1 is 1.20 bits per heavy atom. The number of carbonyl (C=O) groups excluding carboxylic acids is 1. The number of nitrogens with two attached hydrogens (primary N) is 1. The van der Waals surface area contributed by atoms with Crippen LogP contribution in [0.5, 0.6) is 0 Å². The molecule has 0 aliphatic carbocycles. The third kappa shape index (κ3) is 4.07. The van der Waals surface area contributed by atoms with E-state index < -0.39 is 0 Å². The van der Waals surface area contributed by atoms with Crippen molar-refractivity contribution in [3.63, 3.8) is 0 Å². The van der Waals surface area contributed by atoms with Gasteiger partial charge in [-0.3, -0.25) is 4.79 Å². The van der Waals surface area contributed by atoms with Crippen LogP contribution in [0, 0.1) is 0 Å². The minimum atomic E-state index is -0.0551. The van der Waals surface area contributed by atoms with Gasteiger partial charge in [-0.1, -0.05) is 45.0 Å². The fourth-order valence-electron chi connectivity index (χ4n) is 3.23. The Morgan fingerprint density at radius 2 is 1.88 bits per heavy atom. The molecule has 0 spiro atoms. The van der Waals surface area contributed by atoms with Gasteiger partial charge in [-0.05, 0) is 36.0 Å². The van der Waals surface area contributed by atoms with Gasteiger partial charge in [-0.25, -0.2) is 0 Å². The lowest BCUT2D eigenvalue weighted by Gasteiger charge is -2.22. The monoisotopic (exact) mass is 362 g/mol. The molecule has 0 saturated carbocycles. The SMILES string of the molecule is CC(C)(C)c1ccc(-c2ccc(C(=O)N3CCCC3CN)o2)cc1.Cl. The molecule has 2 N–H and O–H groups in total. The smallest absolute Gasteiger partial charge is 0.289 e. The molecule has 2 heterocycles. The molecule has 5 heteroatoms. The second-order valence-electron chi connectivity index (χ2n) is 7.52. The van der Waals surface area contributed by atoms with Crippen molar-refractivity contribution in [3.05, 3.63) is 47.7 Å². The van der Waals surface area contributed by atoms with Gasteiger partial charge < -0.3 is 15.1 Å². The predicted molar refractivity (Wildman–Crippen MR) is 103 cm³/mol. The Bertz CT molecular complexity index is 716. The minimum absolute atomic E-state index is 0. The summed E-state index contributed by atoms with van der Waals surface area (Å²) in [4.78, 5) is 14.5. The van der Waals surface area contributed by atoms with Crippen LogP contribution in [0.15, 0.2) is 40.8 Å². The average molecular weight is 363 g/mol. The van der Waals surface area contributed by atoms with E-state index in [2.05, 4.69) is 32.9 Å². The molecule has 1 aliphatic heterocycles. The normalized spacial score (nSPS) is 17.4. The van der Waals surface area contributed by atoms with Crippen molar-refractivity contribution < 1.29 is 9.21 Å². The summed E-state index contributed by atoms with van der Waals surface area (Å²) in [5, 5.41) is 0. The van der Waals surface area contributed by atoms with E-state index >= 15 is 0 Å². The number of likely N-dealkylation sites (tertiary alicyclic amines) is 1. The van der Waals surface area contributed by atoms with Gasteiger partial charge >= 0.3 is 0 Å². The number of hydrogen-bond acceptors (Lipinski definition) is 3. The molecule has 3 rings (SSSR count). The second kappa shape index (κ2) is 7.63. The first-order chi connectivity index (χ1) is 11.4. The highest BCUT2D eigenvalue weighted by Crippen LogP contribution is 2.28. The average Bonchev–Trinajstić information content (AvgIpc) is 3.22. The highest BCUT2D eigenvalue weighted by Gasteiger charge is 2.30. The van der Waals surface area contributed by atoms with Gasteiger partial charge in [0.25, 0.3) is 5.91 Å². The molecule has 1 aliphatic rings. The van der Waals surface area contributed by atoms with Crippen molar-refractivity contribution >= 4 is 18.3 Å². The Kier molecular flexibility index (Phi) is 5.96. The molecule has 1 unspecified atom stereocenters. The lowest BCUT2D eigenvalue weighted by atomic mass is 9.86. The van der Waals surface area contributed by atoms with E-state index in [1.807, 2.05) is 23.1 Å². The van der Waals surface area contributed by atoms with Gasteiger partial charge in [0.2, 0.25) is 0 Å². The first-order valence-corrected chi connectivity index (χ1v) is 8.62. The van der Waals surface area contributed by atoms with Gasteiger partial charge in [0.05, 0.1) is 0 Å². The lowest BCUT2D eigenvalue weighted by Crippen LogP contribution is -2.39. The maximum absolute atomic E-state index is 12.6. The molecule has 0 radical (unpaired) electrons. The Balaban J connectivity index is 0.00000225. The van der Waals surface area contributed by atoms with E-state index in [1.165, 1.54) is 5.56 Å². The summed E-state index contributed by atoms with van der Waals surface area (Å²) in [5.41, 5.74) is 8.14. The lowest BCUT2D eigenvalue weighted by molar-refractivity contribution is 0.0710. The zero-order valence-electron chi connectivity index (χ0n) is 15.1. The van der Waals surface area contributed by atoms with Crippen LogP contribution in [-0.4, -0.2) is 29.9 Å². The molecule has 136 valence electrons. The fourth-order valence-corrected chi connectivity index (χ4v) is 3.23. The highest BCUT2D eigenvalue weighted by molar-refractivity contribution is 5.92. The summed E-state index contributed by atoms with van der Waals surface area (Å²) in [6.45, 7) is 7.84. The summed E-state index contributed by atoms with van der Waals surface area (Å²) < 4.78 is 5.83. The number of furan rings is 1. The largest absolute Gasteiger partial charge is 0.451 e. The molecule has 1 saturated heterocycles. The Morgan fingerprint density at radius 3 is 2.48 bits per heavy atom. The third-order valence-corrected chi connectivity index (χ3v) is 4.76. The number of halogens is 1. The quantitative estimate of drug-likeness (QED) is 0.888. The summed E-state index contributed by atoms with van der Waals surface area (Å²) >= 11 is 0. The molecule has 1 amide bonds. The van der Waals surface area contributed by atoms with Gasteiger partial charge in [0.1, 0.15) is 5.76 Å². The molecule has 4 nitrogen and oxygen atoms in total. The zero-order chi connectivity index (χ0) is 17.3. The number of hydrogen-bond donors (Lipinski definition) is 1. The molecule has 1 atom stereocenters. The maximum atomic E-state index is 12.6. The van der Waals surface area contributed by atoms with Crippen molar-refractivity contribution in [2.75, 3.05) is 13.1 Å². The zero-order valence-corrected chi connectivity index (χ0v) is 15.9. The van der Waals surface area contributed by atoms with Gasteiger partial charge in [-0.2, -0.15) is 0 Å². The van der Waals surface area contributed by atoms with Crippen molar-refractivity contribution in [1.29, 1.82) is 0 Å². The first kappa shape index (κ1) is 19.5. The van der Waals surface area contributed by atoms with E-state index in [0.29, 0.717) is 12.3 Å². The van der Waals surface area contributed by atoms with Crippen molar-refractivity contribution in [2.24, 2.45) is 5.73 Å². The summed E-state index contributed by atoms with van der Waals surface area (Å²) in [5.74, 6) is 1.06. The summed E-state index contributed by atoms with van der Waals surface area (Å²) in [6.07, 6.45) is 1.99. The van der Waals surface area contributed by atoms with Crippen LogP contribution in [-0.2, 0) is 5.41 Å². The molecule has 1 aromatic carbocycles. The molecular weight excluding hydrogens is 336 g/mol. The van der Waals surface area contributed by atoms with E-state index in [-0.39, 0.29) is 29.8 Å². The van der Waals surface area contributed by atoms with E-state index in [4.69, 9.17) is 10.2 Å². The minimum Gasteiger partial charge on any atom is -0.451 e. The van der Waals surface area contributed by atoms with Gasteiger partial charge in [0.15, 0.2) is 5.76 Å². The third-order valence-electron chi connectivity index (χ3n) is 4.76. The van der Waals surface area contributed by atoms with Crippen LogP contribution in [0.2, 0.25) is 0 Å². The Hall–Kier alpha value is -1.78. The predicted octanol–water partition coefficient (Wildman–Crippen LogP) is 4.23. The molecule has 25 heavy (non-hydrogen) atoms. The van der Waals surface area contributed by atoms with E-state index in [9.17, 15) is 4.79 Å². The second-order valence-corrected chi connectivity index (χ2v) is 7.52. The number of nitrogens with zero attached hydrogens (tertiary/aromatic N) is 1. The van der Waals surface area contributed by atoms with Crippen LogP contribution in [0.3, 0.4) is 0 Å². The summed E-state index contributed by atoms with van der Waals surface area (Å²) in [7, 11) is 0. The van der Waals surface area contributed by atoms with Gasteiger partial charge in [-0.15, -0.1) is 12.4 Å². The molecular formula is C20H27ClN2O2. The number of carbonyl (C=O) groups is 1. The van der Waals surface area contributed by atoms with Crippen LogP contribution in [0.4, 0.5) is 0 Å². The van der Waals surface area contributed by atoms with Crippen molar-refractivity contribution in [1.82, 2.24) is 4.90 Å². The van der Waals surface area contributed by atoms with Gasteiger partial charge in [0, 0.05) is 24.7 Å². The van der Waals surface area contributed by atoms with E-state index in [0.717, 1.165) is 30.7 Å². The molecule has 0 bridgehead atoms. The fraction of sp³-hybridized carbons (Fsp3) is 0.450. The molecule has 2 aromatic rings.